The summed E-state index contributed by atoms with van der Waals surface area (Å²) in [6, 6.07) is 3.44. The second kappa shape index (κ2) is 7.84. The van der Waals surface area contributed by atoms with Crippen LogP contribution in [0, 0.1) is 11.3 Å². The monoisotopic (exact) mass is 267 g/mol. The molecule has 1 N–H and O–H groups in total. The summed E-state index contributed by atoms with van der Waals surface area (Å²) in [5.74, 6) is 0. The van der Waals surface area contributed by atoms with Crippen molar-refractivity contribution in [2.75, 3.05) is 26.8 Å². The van der Waals surface area contributed by atoms with Gasteiger partial charge in [-0.1, -0.05) is 13.8 Å². The Morgan fingerprint density at radius 1 is 1.53 bits per heavy atom. The van der Waals surface area contributed by atoms with Crippen LogP contribution >= 0.6 is 0 Å². The van der Waals surface area contributed by atoms with Crippen molar-refractivity contribution in [1.29, 1.82) is 5.26 Å². The van der Waals surface area contributed by atoms with Gasteiger partial charge in [-0.3, -0.25) is 10.2 Å². The predicted octanol–water partition coefficient (Wildman–Crippen LogP) is 2.16. The minimum atomic E-state index is -0.305. The summed E-state index contributed by atoms with van der Waals surface area (Å²) >= 11 is 0. The lowest BCUT2D eigenvalue weighted by atomic mass is 9.99. The molecule has 0 heterocycles. The molecule has 0 saturated heterocycles. The van der Waals surface area contributed by atoms with Gasteiger partial charge in [-0.25, -0.2) is 0 Å². The highest BCUT2D eigenvalue weighted by molar-refractivity contribution is 5.13. The third-order valence-electron chi connectivity index (χ3n) is 4.22. The maximum Gasteiger partial charge on any atom is 0.108 e. The number of hydrogen-bond donors (Lipinski definition) is 1. The topological polar surface area (TPSA) is 48.3 Å². The predicted molar refractivity (Wildman–Crippen MR) is 78.0 cm³/mol. The van der Waals surface area contributed by atoms with Gasteiger partial charge in [0.2, 0.25) is 0 Å². The molecule has 1 aliphatic carbocycles. The van der Waals surface area contributed by atoms with Gasteiger partial charge < -0.3 is 4.74 Å². The molecule has 0 bridgehead atoms. The molecule has 19 heavy (non-hydrogen) atoms. The van der Waals surface area contributed by atoms with Gasteiger partial charge in [-0.15, -0.1) is 0 Å². The first kappa shape index (κ1) is 16.4. The lowest BCUT2D eigenvalue weighted by molar-refractivity contribution is 0.0731. The molecular weight excluding hydrogens is 238 g/mol. The second-order valence-corrected chi connectivity index (χ2v) is 5.65. The first-order valence-corrected chi connectivity index (χ1v) is 7.53. The summed E-state index contributed by atoms with van der Waals surface area (Å²) < 4.78 is 5.27. The quantitative estimate of drug-likeness (QED) is 0.732. The normalized spacial score (nSPS) is 28.5. The fraction of sp³-hybridized carbons (Fsp3) is 0.933. The summed E-state index contributed by atoms with van der Waals surface area (Å²) in [6.07, 6.45) is 4.08. The van der Waals surface area contributed by atoms with Crippen molar-refractivity contribution in [2.45, 2.75) is 64.1 Å². The molecular formula is C15H29N3O. The Bertz CT molecular complexity index is 302. The van der Waals surface area contributed by atoms with Crippen molar-refractivity contribution >= 4 is 0 Å². The molecule has 0 aromatic heterocycles. The molecule has 0 amide bonds. The highest BCUT2D eigenvalue weighted by Crippen LogP contribution is 2.33. The molecule has 1 fully saturated rings. The Hall–Kier alpha value is -0.630. The minimum Gasteiger partial charge on any atom is -0.383 e. The molecule has 1 saturated carbocycles. The molecule has 4 nitrogen and oxygen atoms in total. The minimum absolute atomic E-state index is 0.305. The average molecular weight is 267 g/mol. The van der Waals surface area contributed by atoms with Crippen molar-refractivity contribution in [2.24, 2.45) is 0 Å². The van der Waals surface area contributed by atoms with E-state index in [0.29, 0.717) is 12.1 Å². The highest BCUT2D eigenvalue weighted by atomic mass is 16.5. The molecule has 1 aliphatic rings. The summed E-state index contributed by atoms with van der Waals surface area (Å²) in [4.78, 5) is 2.48. The Kier molecular flexibility index (Phi) is 6.78. The van der Waals surface area contributed by atoms with Gasteiger partial charge in [0.25, 0.3) is 0 Å². The number of rotatable bonds is 8. The highest BCUT2D eigenvalue weighted by Gasteiger charge is 2.41. The van der Waals surface area contributed by atoms with E-state index >= 15 is 0 Å². The number of methoxy groups -OCH3 is 1. The van der Waals surface area contributed by atoms with Gasteiger partial charge in [0.15, 0.2) is 0 Å². The van der Waals surface area contributed by atoms with Crippen LogP contribution in [-0.2, 0) is 4.74 Å². The summed E-state index contributed by atoms with van der Waals surface area (Å²) in [7, 11) is 1.75. The molecule has 4 heteroatoms. The van der Waals surface area contributed by atoms with E-state index in [-0.39, 0.29) is 5.54 Å². The van der Waals surface area contributed by atoms with Crippen molar-refractivity contribution in [3.05, 3.63) is 0 Å². The van der Waals surface area contributed by atoms with Crippen molar-refractivity contribution in [3.8, 4) is 6.07 Å². The van der Waals surface area contributed by atoms with Crippen LogP contribution in [0.1, 0.15) is 46.5 Å². The summed E-state index contributed by atoms with van der Waals surface area (Å²) in [6.45, 7) is 9.25. The number of hydrogen-bond acceptors (Lipinski definition) is 4. The number of nitrogens with one attached hydrogen (secondary N) is 1. The average Bonchev–Trinajstić information content (AvgIpc) is 2.83. The van der Waals surface area contributed by atoms with Gasteiger partial charge >= 0.3 is 0 Å². The maximum absolute atomic E-state index is 9.50. The van der Waals surface area contributed by atoms with E-state index in [1.807, 2.05) is 0 Å². The number of likely N-dealkylation sites (N-methyl/N-ethyl adjacent to an activating group) is 1. The Balaban J connectivity index is 2.64. The summed E-state index contributed by atoms with van der Waals surface area (Å²) in [5, 5.41) is 13.0. The van der Waals surface area contributed by atoms with E-state index in [1.54, 1.807) is 7.11 Å². The van der Waals surface area contributed by atoms with E-state index in [4.69, 9.17) is 4.74 Å². The van der Waals surface area contributed by atoms with Gasteiger partial charge in [0.05, 0.1) is 12.7 Å². The molecule has 110 valence electrons. The standard InChI is InChI=1S/C15H29N3O/c1-5-9-17-15(12-16)8-7-14(10-15)18(6-2)13(3)11-19-4/h13-14,17H,5-11H2,1-4H3. The van der Waals surface area contributed by atoms with Crippen LogP contribution in [0.3, 0.4) is 0 Å². The van der Waals surface area contributed by atoms with Gasteiger partial charge in [-0.05, 0) is 45.7 Å². The van der Waals surface area contributed by atoms with Gasteiger partial charge in [-0.2, -0.15) is 5.26 Å². The van der Waals surface area contributed by atoms with Crippen LogP contribution in [0.15, 0.2) is 0 Å². The van der Waals surface area contributed by atoms with Crippen LogP contribution in [0.5, 0.6) is 0 Å². The molecule has 3 atom stereocenters. The lowest BCUT2D eigenvalue weighted by Gasteiger charge is -2.34. The first-order valence-electron chi connectivity index (χ1n) is 7.53. The van der Waals surface area contributed by atoms with E-state index in [1.165, 1.54) is 0 Å². The van der Waals surface area contributed by atoms with Crippen molar-refractivity contribution < 1.29 is 4.74 Å². The Morgan fingerprint density at radius 3 is 2.79 bits per heavy atom. The molecule has 0 aromatic carbocycles. The van der Waals surface area contributed by atoms with Gasteiger partial charge in [0, 0.05) is 19.2 Å². The van der Waals surface area contributed by atoms with Crippen LogP contribution in [-0.4, -0.2) is 49.3 Å². The van der Waals surface area contributed by atoms with Crippen LogP contribution in [0.2, 0.25) is 0 Å². The number of ether oxygens (including phenoxy) is 1. The molecule has 0 radical (unpaired) electrons. The smallest absolute Gasteiger partial charge is 0.108 e. The Morgan fingerprint density at radius 2 is 2.26 bits per heavy atom. The van der Waals surface area contributed by atoms with Crippen LogP contribution in [0.25, 0.3) is 0 Å². The van der Waals surface area contributed by atoms with E-state index in [0.717, 1.165) is 45.4 Å². The first-order chi connectivity index (χ1) is 9.12. The fourth-order valence-corrected chi connectivity index (χ4v) is 3.24. The third kappa shape index (κ3) is 4.17. The van der Waals surface area contributed by atoms with Crippen molar-refractivity contribution in [1.82, 2.24) is 10.2 Å². The maximum atomic E-state index is 9.50. The van der Waals surface area contributed by atoms with Crippen LogP contribution < -0.4 is 5.32 Å². The van der Waals surface area contributed by atoms with E-state index < -0.39 is 0 Å². The van der Waals surface area contributed by atoms with Gasteiger partial charge in [0.1, 0.15) is 5.54 Å². The zero-order chi connectivity index (χ0) is 14.3. The number of nitriles is 1. The SMILES string of the molecule is CCCNC1(C#N)CCC(N(CC)C(C)COC)C1. The molecule has 0 spiro atoms. The lowest BCUT2D eigenvalue weighted by Crippen LogP contribution is -2.47. The fourth-order valence-electron chi connectivity index (χ4n) is 3.24. The molecule has 1 rings (SSSR count). The molecule has 0 aromatic rings. The molecule has 3 unspecified atom stereocenters. The second-order valence-electron chi connectivity index (χ2n) is 5.65. The zero-order valence-corrected chi connectivity index (χ0v) is 12.9. The van der Waals surface area contributed by atoms with E-state index in [9.17, 15) is 5.26 Å². The Labute approximate surface area is 118 Å². The van der Waals surface area contributed by atoms with E-state index in [2.05, 4.69) is 37.1 Å². The van der Waals surface area contributed by atoms with Crippen molar-refractivity contribution in [3.63, 3.8) is 0 Å². The zero-order valence-electron chi connectivity index (χ0n) is 12.9. The number of nitrogens with zero attached hydrogens (tertiary/aromatic N) is 2. The van der Waals surface area contributed by atoms with Crippen LogP contribution in [0.4, 0.5) is 0 Å². The molecule has 0 aliphatic heterocycles. The summed E-state index contributed by atoms with van der Waals surface area (Å²) in [5.41, 5.74) is -0.305. The largest absolute Gasteiger partial charge is 0.383 e. The third-order valence-corrected chi connectivity index (χ3v) is 4.22.